The molecule has 0 atom stereocenters. The molecule has 4 rings (SSSR count). The number of ether oxygens (including phenoxy) is 2. The third kappa shape index (κ3) is 6.41. The van der Waals surface area contributed by atoms with Crippen LogP contribution in [0.5, 0.6) is 11.5 Å². The summed E-state index contributed by atoms with van der Waals surface area (Å²) < 4.78 is 27.4. The van der Waals surface area contributed by atoms with Gasteiger partial charge in [0, 0.05) is 22.3 Å². The smallest absolute Gasteiger partial charge is 0.256 e. The fourth-order valence-corrected chi connectivity index (χ4v) is 3.99. The first-order valence-corrected chi connectivity index (χ1v) is 12.0. The lowest BCUT2D eigenvalue weighted by Crippen LogP contribution is -2.14. The highest BCUT2D eigenvalue weighted by atomic mass is 79.9. The van der Waals surface area contributed by atoms with Crippen molar-refractivity contribution < 1.29 is 18.7 Å². The molecule has 0 unspecified atom stereocenters. The molecule has 0 aliphatic heterocycles. The highest BCUT2D eigenvalue weighted by Crippen LogP contribution is 2.25. The first-order chi connectivity index (χ1) is 16.9. The van der Waals surface area contributed by atoms with Gasteiger partial charge in [0.25, 0.3) is 5.91 Å². The highest BCUT2D eigenvalue weighted by molar-refractivity contribution is 9.10. The zero-order valence-corrected chi connectivity index (χ0v) is 21.1. The largest absolute Gasteiger partial charge is 0.494 e. The van der Waals surface area contributed by atoms with Gasteiger partial charge in [0.1, 0.15) is 23.9 Å². The van der Waals surface area contributed by atoms with Gasteiger partial charge < -0.3 is 14.8 Å². The van der Waals surface area contributed by atoms with Gasteiger partial charge >= 0.3 is 0 Å². The average Bonchev–Trinajstić information content (AvgIpc) is 3.20. The first-order valence-electron chi connectivity index (χ1n) is 10.8. The molecule has 0 spiro atoms. The van der Waals surface area contributed by atoms with Crippen LogP contribution in [0.1, 0.15) is 28.4 Å². The molecule has 1 amide bonds. The summed E-state index contributed by atoms with van der Waals surface area (Å²) in [6.45, 7) is 2.96. The number of amides is 1. The Morgan fingerprint density at radius 1 is 1.09 bits per heavy atom. The molecule has 1 heterocycles. The van der Waals surface area contributed by atoms with Gasteiger partial charge in [-0.1, -0.05) is 29.8 Å². The molecule has 0 aliphatic carbocycles. The van der Waals surface area contributed by atoms with Crippen LogP contribution in [-0.4, -0.2) is 22.3 Å². The van der Waals surface area contributed by atoms with E-state index in [1.54, 1.807) is 36.5 Å². The fourth-order valence-electron chi connectivity index (χ4n) is 3.36. The number of nitrogens with zero attached hydrogens (tertiary/aromatic N) is 2. The number of hydrogen-bond acceptors (Lipinski definition) is 4. The summed E-state index contributed by atoms with van der Waals surface area (Å²) >= 11 is 9.51. The van der Waals surface area contributed by atoms with Crippen LogP contribution in [0.4, 0.5) is 10.2 Å². The van der Waals surface area contributed by atoms with E-state index in [1.165, 1.54) is 10.7 Å². The van der Waals surface area contributed by atoms with Crippen LogP contribution in [-0.2, 0) is 13.2 Å². The maximum Gasteiger partial charge on any atom is 0.256 e. The molecule has 35 heavy (non-hydrogen) atoms. The molecule has 180 valence electrons. The summed E-state index contributed by atoms with van der Waals surface area (Å²) in [5, 5.41) is 7.44. The van der Waals surface area contributed by atoms with E-state index in [9.17, 15) is 9.18 Å². The van der Waals surface area contributed by atoms with Crippen molar-refractivity contribution in [3.05, 3.63) is 105 Å². The van der Waals surface area contributed by atoms with Crippen LogP contribution in [0.2, 0.25) is 5.02 Å². The van der Waals surface area contributed by atoms with Gasteiger partial charge in [0.2, 0.25) is 0 Å². The van der Waals surface area contributed by atoms with Crippen molar-refractivity contribution in [2.24, 2.45) is 0 Å². The zero-order chi connectivity index (χ0) is 24.8. The van der Waals surface area contributed by atoms with Gasteiger partial charge in [0.05, 0.1) is 17.6 Å². The monoisotopic (exact) mass is 557 g/mol. The molecule has 0 fully saturated rings. The van der Waals surface area contributed by atoms with Gasteiger partial charge in [-0.15, -0.1) is 0 Å². The normalized spacial score (nSPS) is 10.7. The van der Waals surface area contributed by atoms with E-state index in [0.29, 0.717) is 45.4 Å². The number of carbonyl (C=O) groups is 1. The Labute approximate surface area is 215 Å². The molecule has 1 aromatic heterocycles. The molecular weight excluding hydrogens is 537 g/mol. The van der Waals surface area contributed by atoms with Crippen LogP contribution in [0.3, 0.4) is 0 Å². The number of benzene rings is 3. The number of anilines is 1. The van der Waals surface area contributed by atoms with E-state index in [4.69, 9.17) is 21.1 Å². The van der Waals surface area contributed by atoms with Crippen LogP contribution >= 0.6 is 27.5 Å². The third-order valence-electron chi connectivity index (χ3n) is 5.06. The molecule has 3 aromatic carbocycles. The van der Waals surface area contributed by atoms with Crippen molar-refractivity contribution in [3.8, 4) is 11.5 Å². The minimum absolute atomic E-state index is 0.123. The Bertz CT molecular complexity index is 1310. The summed E-state index contributed by atoms with van der Waals surface area (Å²) in [5.74, 6) is 1.05. The number of rotatable bonds is 9. The molecule has 1 N–H and O–H groups in total. The lowest BCUT2D eigenvalue weighted by atomic mass is 10.1. The lowest BCUT2D eigenvalue weighted by Gasteiger charge is -2.09. The standard InChI is InChI=1S/C26H22BrClFN3O3/c1-2-34-19-9-11-20(12-10-19)35-16-17-5-3-6-18(13-17)26(33)30-25-22(27)15-32(31-25)14-21-23(28)7-4-8-24(21)29/h3-13,15H,2,14,16H2,1H3,(H,30,31,33). The van der Waals surface area contributed by atoms with Crippen molar-refractivity contribution in [1.29, 1.82) is 0 Å². The Morgan fingerprint density at radius 3 is 2.51 bits per heavy atom. The van der Waals surface area contributed by atoms with Crippen LogP contribution in [0, 0.1) is 5.82 Å². The molecule has 0 saturated heterocycles. The van der Waals surface area contributed by atoms with Crippen LogP contribution < -0.4 is 14.8 Å². The SMILES string of the molecule is CCOc1ccc(OCc2cccc(C(=O)Nc3nn(Cc4c(F)cccc4Cl)cc3Br)c2)cc1. The predicted octanol–water partition coefficient (Wildman–Crippen LogP) is 6.72. The summed E-state index contributed by atoms with van der Waals surface area (Å²) in [6.07, 6.45) is 1.65. The van der Waals surface area contributed by atoms with Crippen LogP contribution in [0.25, 0.3) is 0 Å². The van der Waals surface area contributed by atoms with Crippen molar-refractivity contribution in [2.75, 3.05) is 11.9 Å². The maximum atomic E-state index is 14.1. The summed E-state index contributed by atoms with van der Waals surface area (Å²) in [5.41, 5.74) is 1.61. The molecule has 0 bridgehead atoms. The van der Waals surface area contributed by atoms with E-state index in [0.717, 1.165) is 11.3 Å². The molecule has 6 nitrogen and oxygen atoms in total. The second kappa shape index (κ2) is 11.4. The van der Waals surface area contributed by atoms with Crippen LogP contribution in [0.15, 0.2) is 77.4 Å². The Hall–Kier alpha value is -3.36. The molecular formula is C26H22BrClFN3O3. The van der Waals surface area contributed by atoms with Gasteiger partial charge in [-0.3, -0.25) is 9.48 Å². The minimum Gasteiger partial charge on any atom is -0.494 e. The molecule has 0 saturated carbocycles. The second-order valence-electron chi connectivity index (χ2n) is 7.57. The summed E-state index contributed by atoms with van der Waals surface area (Å²) in [7, 11) is 0. The second-order valence-corrected chi connectivity index (χ2v) is 8.83. The fraction of sp³-hybridized carbons (Fsp3) is 0.154. The Morgan fingerprint density at radius 2 is 1.80 bits per heavy atom. The van der Waals surface area contributed by atoms with E-state index >= 15 is 0 Å². The van der Waals surface area contributed by atoms with Gasteiger partial charge in [0.15, 0.2) is 5.82 Å². The number of hydrogen-bond donors (Lipinski definition) is 1. The van der Waals surface area contributed by atoms with E-state index in [1.807, 2.05) is 37.3 Å². The minimum atomic E-state index is -0.418. The molecule has 0 radical (unpaired) electrons. The van der Waals surface area contributed by atoms with Crippen molar-refractivity contribution >= 4 is 39.3 Å². The van der Waals surface area contributed by atoms with E-state index in [-0.39, 0.29) is 12.5 Å². The number of carbonyl (C=O) groups excluding carboxylic acids is 1. The average molecular weight is 559 g/mol. The zero-order valence-electron chi connectivity index (χ0n) is 18.8. The summed E-state index contributed by atoms with van der Waals surface area (Å²) in [6, 6.07) is 19.0. The van der Waals surface area contributed by atoms with E-state index < -0.39 is 5.82 Å². The molecule has 9 heteroatoms. The molecule has 4 aromatic rings. The Kier molecular flexibility index (Phi) is 8.05. The third-order valence-corrected chi connectivity index (χ3v) is 5.99. The van der Waals surface area contributed by atoms with Crippen molar-refractivity contribution in [2.45, 2.75) is 20.1 Å². The number of aromatic nitrogens is 2. The number of nitrogens with one attached hydrogen (secondary N) is 1. The van der Waals surface area contributed by atoms with E-state index in [2.05, 4.69) is 26.3 Å². The lowest BCUT2D eigenvalue weighted by molar-refractivity contribution is 0.102. The van der Waals surface area contributed by atoms with Gasteiger partial charge in [-0.2, -0.15) is 5.10 Å². The number of halogens is 3. The van der Waals surface area contributed by atoms with Gasteiger partial charge in [-0.25, -0.2) is 4.39 Å². The quantitative estimate of drug-likeness (QED) is 0.248. The Balaban J connectivity index is 1.40. The van der Waals surface area contributed by atoms with Gasteiger partial charge in [-0.05, 0) is 76.9 Å². The van der Waals surface area contributed by atoms with Crippen molar-refractivity contribution in [1.82, 2.24) is 9.78 Å². The summed E-state index contributed by atoms with van der Waals surface area (Å²) in [4.78, 5) is 12.9. The maximum absolute atomic E-state index is 14.1. The first kappa shape index (κ1) is 24.8. The predicted molar refractivity (Wildman–Crippen MR) is 137 cm³/mol. The molecule has 0 aliphatic rings. The highest BCUT2D eigenvalue weighted by Gasteiger charge is 2.15. The van der Waals surface area contributed by atoms with Crippen molar-refractivity contribution in [3.63, 3.8) is 0 Å². The topological polar surface area (TPSA) is 65.4 Å².